The molecule has 72 valence electrons. The van der Waals surface area contributed by atoms with E-state index in [0.29, 0.717) is 25.1 Å². The highest BCUT2D eigenvalue weighted by Gasteiger charge is 2.04. The van der Waals surface area contributed by atoms with Gasteiger partial charge in [0.15, 0.2) is 0 Å². The van der Waals surface area contributed by atoms with Gasteiger partial charge in [-0.3, -0.25) is 0 Å². The summed E-state index contributed by atoms with van der Waals surface area (Å²) in [4.78, 5) is 0. The molecule has 0 aliphatic heterocycles. The second-order valence-electron chi connectivity index (χ2n) is 2.70. The van der Waals surface area contributed by atoms with Crippen molar-refractivity contribution in [2.24, 2.45) is 5.92 Å². The van der Waals surface area contributed by atoms with E-state index in [2.05, 4.69) is 12.2 Å². The number of ether oxygens (including phenoxy) is 2. The lowest BCUT2D eigenvalue weighted by Crippen LogP contribution is -1.99. The molecule has 0 bridgehead atoms. The fourth-order valence-electron chi connectivity index (χ4n) is 1.14. The first-order chi connectivity index (χ1) is 6.36. The molecular weight excluding hydrogens is 164 g/mol. The van der Waals surface area contributed by atoms with Crippen molar-refractivity contribution in [3.05, 3.63) is 36.3 Å². The van der Waals surface area contributed by atoms with Gasteiger partial charge >= 0.3 is 0 Å². The number of hydrogen-bond donors (Lipinski definition) is 0. The number of rotatable bonds is 5. The Morgan fingerprint density at radius 1 is 1.15 bits per heavy atom. The molecule has 1 aliphatic carbocycles. The smallest absolute Gasteiger partial charge is 0.275 e. The lowest BCUT2D eigenvalue weighted by molar-refractivity contribution is 0.0451. The van der Waals surface area contributed by atoms with Crippen LogP contribution in [0.5, 0.6) is 0 Å². The van der Waals surface area contributed by atoms with Crippen LogP contribution in [0.2, 0.25) is 0 Å². The highest BCUT2D eigenvalue weighted by Crippen LogP contribution is 2.14. The minimum Gasteiger partial charge on any atom is -0.466 e. The Balaban J connectivity index is 2.50. The Morgan fingerprint density at radius 2 is 1.69 bits per heavy atom. The van der Waals surface area contributed by atoms with Crippen LogP contribution in [0, 0.1) is 5.92 Å². The summed E-state index contributed by atoms with van der Waals surface area (Å²) in [5.74, 6) is 0.958. The Hall–Kier alpha value is -1.18. The van der Waals surface area contributed by atoms with E-state index >= 15 is 0 Å². The van der Waals surface area contributed by atoms with Crippen molar-refractivity contribution >= 4 is 0 Å². The third-order valence-electron chi connectivity index (χ3n) is 1.68. The van der Waals surface area contributed by atoms with Gasteiger partial charge in [-0.2, -0.15) is 0 Å². The highest BCUT2D eigenvalue weighted by atomic mass is 16.7. The maximum Gasteiger partial charge on any atom is 0.275 e. The predicted molar refractivity (Wildman–Crippen MR) is 53.1 cm³/mol. The second-order valence-corrected chi connectivity index (χ2v) is 2.70. The molecule has 0 aromatic rings. The molecule has 0 heterocycles. The van der Waals surface area contributed by atoms with E-state index in [0.717, 1.165) is 0 Å². The molecule has 0 aromatic heterocycles. The summed E-state index contributed by atoms with van der Waals surface area (Å²) < 4.78 is 10.6. The van der Waals surface area contributed by atoms with Crippen molar-refractivity contribution < 1.29 is 9.47 Å². The van der Waals surface area contributed by atoms with Crippen molar-refractivity contribution in [1.29, 1.82) is 0 Å². The summed E-state index contributed by atoms with van der Waals surface area (Å²) in [7, 11) is 0. The van der Waals surface area contributed by atoms with Crippen molar-refractivity contribution in [1.82, 2.24) is 0 Å². The molecule has 0 spiro atoms. The summed E-state index contributed by atoms with van der Waals surface area (Å²) >= 11 is 0. The van der Waals surface area contributed by atoms with E-state index in [-0.39, 0.29) is 0 Å². The fourth-order valence-corrected chi connectivity index (χ4v) is 1.14. The summed E-state index contributed by atoms with van der Waals surface area (Å²) in [5.41, 5.74) is 0. The monoisotopic (exact) mass is 180 g/mol. The molecule has 0 amide bonds. The number of allylic oxidation sites excluding steroid dienone is 5. The molecule has 0 radical (unpaired) electrons. The molecule has 2 heteroatoms. The van der Waals surface area contributed by atoms with Crippen LogP contribution < -0.4 is 0 Å². The van der Waals surface area contributed by atoms with Gasteiger partial charge < -0.3 is 9.47 Å². The minimum atomic E-state index is 0.327. The van der Waals surface area contributed by atoms with Crippen LogP contribution in [-0.2, 0) is 9.47 Å². The zero-order valence-electron chi connectivity index (χ0n) is 8.19. The summed E-state index contributed by atoms with van der Waals surface area (Å²) in [6.07, 6.45) is 10.2. The van der Waals surface area contributed by atoms with Crippen LogP contribution in [0.1, 0.15) is 13.8 Å². The molecule has 0 N–H and O–H groups in total. The van der Waals surface area contributed by atoms with E-state index in [1.807, 2.05) is 32.1 Å². The van der Waals surface area contributed by atoms with Crippen LogP contribution in [0.15, 0.2) is 36.3 Å². The average Bonchev–Trinajstić information content (AvgIpc) is 2.58. The second kappa shape index (κ2) is 5.46. The SMILES string of the molecule is CCOC(=CC1C=CC=C1)OCC. The summed E-state index contributed by atoms with van der Waals surface area (Å²) in [6.45, 7) is 5.19. The molecule has 1 aliphatic rings. The van der Waals surface area contributed by atoms with E-state index in [9.17, 15) is 0 Å². The first kappa shape index (κ1) is 9.90. The van der Waals surface area contributed by atoms with Gasteiger partial charge in [-0.15, -0.1) is 0 Å². The van der Waals surface area contributed by atoms with Gasteiger partial charge in [-0.05, 0) is 13.8 Å². The summed E-state index contributed by atoms with van der Waals surface area (Å²) in [5, 5.41) is 0. The molecule has 1 rings (SSSR count). The molecule has 0 aromatic carbocycles. The Bertz CT molecular complexity index is 206. The van der Waals surface area contributed by atoms with Crippen molar-refractivity contribution in [2.75, 3.05) is 13.2 Å². The van der Waals surface area contributed by atoms with Gasteiger partial charge in [0, 0.05) is 12.0 Å². The minimum absolute atomic E-state index is 0.327. The topological polar surface area (TPSA) is 18.5 Å². The molecule has 2 nitrogen and oxygen atoms in total. The zero-order chi connectivity index (χ0) is 9.52. The first-order valence-electron chi connectivity index (χ1n) is 4.69. The van der Waals surface area contributed by atoms with Crippen molar-refractivity contribution in [2.45, 2.75) is 13.8 Å². The van der Waals surface area contributed by atoms with E-state index in [4.69, 9.17) is 9.47 Å². The van der Waals surface area contributed by atoms with Gasteiger partial charge in [-0.25, -0.2) is 0 Å². The normalized spacial score (nSPS) is 14.6. The molecule has 0 saturated carbocycles. The fraction of sp³-hybridized carbons (Fsp3) is 0.455. The van der Waals surface area contributed by atoms with E-state index in [1.165, 1.54) is 0 Å². The standard InChI is InChI=1S/C11H16O2/c1-3-12-11(13-4-2)9-10-7-5-6-8-10/h5-10H,3-4H2,1-2H3. The van der Waals surface area contributed by atoms with Crippen LogP contribution in [-0.4, -0.2) is 13.2 Å². The van der Waals surface area contributed by atoms with Gasteiger partial charge in [0.1, 0.15) is 0 Å². The molecule has 0 atom stereocenters. The van der Waals surface area contributed by atoms with Crippen LogP contribution in [0.3, 0.4) is 0 Å². The van der Waals surface area contributed by atoms with Crippen LogP contribution >= 0.6 is 0 Å². The van der Waals surface area contributed by atoms with Gasteiger partial charge in [-0.1, -0.05) is 24.3 Å². The van der Waals surface area contributed by atoms with Gasteiger partial charge in [0.2, 0.25) is 0 Å². The Morgan fingerprint density at radius 3 is 2.15 bits per heavy atom. The quantitative estimate of drug-likeness (QED) is 0.605. The third-order valence-corrected chi connectivity index (χ3v) is 1.68. The highest BCUT2D eigenvalue weighted by molar-refractivity contribution is 5.22. The lowest BCUT2D eigenvalue weighted by Gasteiger charge is -2.09. The maximum atomic E-state index is 5.32. The third kappa shape index (κ3) is 3.36. The molecule has 0 saturated heterocycles. The van der Waals surface area contributed by atoms with Crippen LogP contribution in [0.4, 0.5) is 0 Å². The predicted octanol–water partition coefficient (Wildman–Crippen LogP) is 2.64. The average molecular weight is 180 g/mol. The molecule has 0 fully saturated rings. The molecular formula is C11H16O2. The lowest BCUT2D eigenvalue weighted by atomic mass is 10.2. The zero-order valence-corrected chi connectivity index (χ0v) is 8.19. The Kier molecular flexibility index (Phi) is 4.16. The molecule has 13 heavy (non-hydrogen) atoms. The largest absolute Gasteiger partial charge is 0.466 e. The summed E-state index contributed by atoms with van der Waals surface area (Å²) in [6, 6.07) is 0. The van der Waals surface area contributed by atoms with Gasteiger partial charge in [0.05, 0.1) is 13.2 Å². The van der Waals surface area contributed by atoms with Crippen LogP contribution in [0.25, 0.3) is 0 Å². The van der Waals surface area contributed by atoms with Gasteiger partial charge in [0.25, 0.3) is 5.95 Å². The van der Waals surface area contributed by atoms with E-state index in [1.54, 1.807) is 0 Å². The van der Waals surface area contributed by atoms with Crippen molar-refractivity contribution in [3.63, 3.8) is 0 Å². The Labute approximate surface area is 79.5 Å². The first-order valence-corrected chi connectivity index (χ1v) is 4.69. The number of hydrogen-bond acceptors (Lipinski definition) is 2. The van der Waals surface area contributed by atoms with E-state index < -0.39 is 0 Å². The van der Waals surface area contributed by atoms with Crippen molar-refractivity contribution in [3.8, 4) is 0 Å². The molecule has 0 unspecified atom stereocenters. The maximum absolute atomic E-state index is 5.32.